The highest BCUT2D eigenvalue weighted by molar-refractivity contribution is 6.91. The number of nitrogens with zero attached hydrogens (tertiary/aromatic N) is 2. The number of aliphatic imine (C=N–C) groups is 2. The van der Waals surface area contributed by atoms with E-state index in [9.17, 15) is 9.59 Å². The van der Waals surface area contributed by atoms with Crippen LogP contribution in [0.15, 0.2) is 9.98 Å². The molecule has 0 aliphatic rings. The lowest BCUT2D eigenvalue weighted by Crippen LogP contribution is -2.60. The number of isocyanates is 2. The molecule has 0 saturated carbocycles. The van der Waals surface area contributed by atoms with Gasteiger partial charge in [0.1, 0.15) is 0 Å². The highest BCUT2D eigenvalue weighted by Crippen LogP contribution is 2.29. The average molecular weight is 597 g/mol. The Morgan fingerprint density at radius 1 is 0.486 bits per heavy atom. The molecule has 0 aromatic rings. The van der Waals surface area contributed by atoms with Gasteiger partial charge in [-0.2, -0.15) is 0 Å². The van der Waals surface area contributed by atoms with Crippen LogP contribution in [0.25, 0.3) is 0 Å². The summed E-state index contributed by atoms with van der Waals surface area (Å²) >= 11 is 0. The summed E-state index contributed by atoms with van der Waals surface area (Å²) in [6, 6.07) is 1.81. The number of rotatable bonds is 18. The van der Waals surface area contributed by atoms with E-state index in [0.717, 1.165) is 24.9 Å². The molecule has 0 amide bonds. The molecular formula is C20H48N2O7Si6. The molecule has 35 heavy (non-hydrogen) atoms. The minimum atomic E-state index is -2.55. The fraction of sp³-hybridized carbons (Fsp3) is 0.900. The van der Waals surface area contributed by atoms with Gasteiger partial charge in [-0.1, -0.05) is 0 Å². The van der Waals surface area contributed by atoms with Crippen LogP contribution in [0.2, 0.25) is 90.7 Å². The van der Waals surface area contributed by atoms with Crippen molar-refractivity contribution in [2.45, 2.75) is 103 Å². The predicted molar refractivity (Wildman–Crippen MR) is 155 cm³/mol. The van der Waals surface area contributed by atoms with E-state index in [0.29, 0.717) is 13.1 Å². The van der Waals surface area contributed by atoms with Crippen molar-refractivity contribution in [3.8, 4) is 0 Å². The summed E-state index contributed by atoms with van der Waals surface area (Å²) in [5, 5.41) is 0. The quantitative estimate of drug-likeness (QED) is 0.0860. The van der Waals surface area contributed by atoms with Crippen molar-refractivity contribution < 1.29 is 30.2 Å². The molecule has 0 atom stereocenters. The Bertz CT molecular complexity index is 703. The molecule has 0 rings (SSSR count). The lowest BCUT2D eigenvalue weighted by atomic mass is 10.5. The number of hydrogen-bond acceptors (Lipinski definition) is 9. The highest BCUT2D eigenvalue weighted by atomic mass is 28.5. The minimum absolute atomic E-state index is 0.487. The van der Waals surface area contributed by atoms with E-state index < -0.39 is 50.9 Å². The van der Waals surface area contributed by atoms with Crippen molar-refractivity contribution >= 4 is 63.0 Å². The third-order valence-electron chi connectivity index (χ3n) is 4.75. The van der Waals surface area contributed by atoms with E-state index in [2.05, 4.69) is 88.5 Å². The summed E-state index contributed by atoms with van der Waals surface area (Å²) < 4.78 is 33.0. The van der Waals surface area contributed by atoms with Crippen molar-refractivity contribution in [3.63, 3.8) is 0 Å². The molecule has 0 unspecified atom stereocenters. The van der Waals surface area contributed by atoms with Gasteiger partial charge in [0.15, 0.2) is 16.6 Å². The van der Waals surface area contributed by atoms with Crippen molar-refractivity contribution in [1.29, 1.82) is 0 Å². The molecule has 0 radical (unpaired) electrons. The lowest BCUT2D eigenvalue weighted by molar-refractivity contribution is 0.281. The van der Waals surface area contributed by atoms with E-state index in [4.69, 9.17) is 20.6 Å². The van der Waals surface area contributed by atoms with E-state index in [1.807, 2.05) is 0 Å². The van der Waals surface area contributed by atoms with Crippen LogP contribution in [-0.2, 0) is 30.2 Å². The zero-order valence-electron chi connectivity index (χ0n) is 24.0. The SMILES string of the molecule is C[Si](C)(CCCN=C=O)O[Si](C)(C)O[Si](C)(C)O[Si](C)(C)O[Si](C)(C)O[Si](C)(C)CCCN=C=O. The lowest BCUT2D eigenvalue weighted by Gasteiger charge is -2.43. The first-order valence-corrected chi connectivity index (χ1v) is 29.7. The molecule has 0 saturated heterocycles. The van der Waals surface area contributed by atoms with Crippen molar-refractivity contribution in [2.24, 2.45) is 9.98 Å². The molecular weight excluding hydrogens is 549 g/mol. The molecule has 0 heterocycles. The molecule has 0 N–H and O–H groups in total. The second-order valence-electron chi connectivity index (χ2n) is 11.8. The van der Waals surface area contributed by atoms with E-state index in [-0.39, 0.29) is 0 Å². The molecule has 9 nitrogen and oxygen atoms in total. The van der Waals surface area contributed by atoms with Gasteiger partial charge < -0.3 is 20.6 Å². The van der Waals surface area contributed by atoms with Crippen LogP contribution < -0.4 is 0 Å². The van der Waals surface area contributed by atoms with Crippen LogP contribution in [0.1, 0.15) is 12.8 Å². The summed E-state index contributed by atoms with van der Waals surface area (Å²) in [5.41, 5.74) is 0. The second-order valence-corrected chi connectivity index (χ2v) is 35.1. The molecule has 204 valence electrons. The summed E-state index contributed by atoms with van der Waals surface area (Å²) in [7, 11) is -14.0. The maximum atomic E-state index is 10.3. The first-order chi connectivity index (χ1) is 15.7. The van der Waals surface area contributed by atoms with Crippen molar-refractivity contribution in [3.05, 3.63) is 0 Å². The zero-order valence-corrected chi connectivity index (χ0v) is 30.0. The van der Waals surface area contributed by atoms with Crippen LogP contribution in [0.5, 0.6) is 0 Å². The van der Waals surface area contributed by atoms with E-state index >= 15 is 0 Å². The van der Waals surface area contributed by atoms with Gasteiger partial charge >= 0.3 is 34.2 Å². The third-order valence-corrected chi connectivity index (χ3v) is 28.0. The first-order valence-electron chi connectivity index (χ1n) is 12.2. The predicted octanol–water partition coefficient (Wildman–Crippen LogP) is 5.74. The number of hydrogen-bond donors (Lipinski definition) is 0. The van der Waals surface area contributed by atoms with Crippen LogP contribution in [0.4, 0.5) is 0 Å². The Labute approximate surface area is 219 Å². The zero-order chi connectivity index (χ0) is 27.6. The monoisotopic (exact) mass is 596 g/mol. The van der Waals surface area contributed by atoms with Gasteiger partial charge in [0.2, 0.25) is 12.2 Å². The summed E-state index contributed by atoms with van der Waals surface area (Å²) in [6.45, 7) is 26.2. The molecule has 0 spiro atoms. The normalized spacial score (nSPS) is 13.8. The van der Waals surface area contributed by atoms with Gasteiger partial charge in [-0.15, -0.1) is 0 Å². The Kier molecular flexibility index (Phi) is 14.1. The summed E-state index contributed by atoms with van der Waals surface area (Å²) in [4.78, 5) is 27.9. The van der Waals surface area contributed by atoms with Crippen LogP contribution in [0, 0.1) is 0 Å². The van der Waals surface area contributed by atoms with E-state index in [1.165, 1.54) is 0 Å². The molecule has 15 heteroatoms. The highest BCUT2D eigenvalue weighted by Gasteiger charge is 2.47. The van der Waals surface area contributed by atoms with Gasteiger partial charge in [0, 0.05) is 0 Å². The fourth-order valence-corrected chi connectivity index (χ4v) is 34.4. The minimum Gasteiger partial charge on any atom is -0.436 e. The average Bonchev–Trinajstić information content (AvgIpc) is 2.57. The molecule has 0 aromatic carbocycles. The molecule has 0 aromatic heterocycles. The maximum Gasteiger partial charge on any atom is 0.314 e. The standard InChI is InChI=1S/C20H48N2O7Si6/c1-30(2,17-13-15-21-19-23)25-32(5,6)27-34(9,10)29-35(11,12)28-33(7,8)26-31(3,4)18-14-16-22-20-24/h13-18H2,1-12H3. The third kappa shape index (κ3) is 17.9. The van der Waals surface area contributed by atoms with Crippen molar-refractivity contribution in [2.75, 3.05) is 13.1 Å². The summed E-state index contributed by atoms with van der Waals surface area (Å²) in [5.74, 6) is 0. The molecule has 0 bridgehead atoms. The Morgan fingerprint density at radius 2 is 0.743 bits per heavy atom. The van der Waals surface area contributed by atoms with Gasteiger partial charge in [-0.25, -0.2) is 19.6 Å². The van der Waals surface area contributed by atoms with Gasteiger partial charge in [-0.05, 0) is 103 Å². The van der Waals surface area contributed by atoms with Crippen LogP contribution in [0.3, 0.4) is 0 Å². The first kappa shape index (κ1) is 34.9. The van der Waals surface area contributed by atoms with Crippen LogP contribution >= 0.6 is 0 Å². The molecule has 0 aliphatic heterocycles. The fourth-order valence-electron chi connectivity index (χ4n) is 4.55. The van der Waals surface area contributed by atoms with Gasteiger partial charge in [-0.3, -0.25) is 0 Å². The Morgan fingerprint density at radius 3 is 1.00 bits per heavy atom. The molecule has 0 aliphatic carbocycles. The van der Waals surface area contributed by atoms with Gasteiger partial charge in [0.05, 0.1) is 13.1 Å². The van der Waals surface area contributed by atoms with Crippen molar-refractivity contribution in [1.82, 2.24) is 0 Å². The number of carbonyl (C=O) groups excluding carboxylic acids is 2. The largest absolute Gasteiger partial charge is 0.436 e. The topological polar surface area (TPSA) is 105 Å². The second kappa shape index (κ2) is 14.1. The van der Waals surface area contributed by atoms with E-state index in [1.54, 1.807) is 12.2 Å². The Balaban J connectivity index is 5.07. The summed E-state index contributed by atoms with van der Waals surface area (Å²) in [6.07, 6.45) is 4.81. The van der Waals surface area contributed by atoms with Gasteiger partial charge in [0.25, 0.3) is 0 Å². The Hall–Kier alpha value is -0.139. The maximum absolute atomic E-state index is 10.3. The molecule has 0 fully saturated rings. The smallest absolute Gasteiger partial charge is 0.314 e. The van der Waals surface area contributed by atoms with Crippen LogP contribution in [-0.4, -0.2) is 76.1 Å².